The van der Waals surface area contributed by atoms with Gasteiger partial charge in [0.15, 0.2) is 11.6 Å². The molecular formula is C9H9F2NO. The molecule has 0 unspecified atom stereocenters. The average Bonchev–Trinajstić information content (AvgIpc) is 2.09. The van der Waals surface area contributed by atoms with Gasteiger partial charge in [0.05, 0.1) is 0 Å². The van der Waals surface area contributed by atoms with Gasteiger partial charge >= 0.3 is 0 Å². The van der Waals surface area contributed by atoms with Gasteiger partial charge in [0.25, 0.3) is 0 Å². The summed E-state index contributed by atoms with van der Waals surface area (Å²) in [7, 11) is 0. The molecule has 0 atom stereocenters. The van der Waals surface area contributed by atoms with E-state index in [1.165, 1.54) is 12.2 Å². The Balaban J connectivity index is 3.12. The second-order valence-corrected chi connectivity index (χ2v) is 2.46. The molecule has 3 N–H and O–H groups in total. The molecule has 13 heavy (non-hydrogen) atoms. The molecule has 0 bridgehead atoms. The lowest BCUT2D eigenvalue weighted by atomic mass is 10.1. The van der Waals surface area contributed by atoms with Gasteiger partial charge in [-0.3, -0.25) is 0 Å². The highest BCUT2D eigenvalue weighted by Crippen LogP contribution is 2.23. The fourth-order valence-corrected chi connectivity index (χ4v) is 0.908. The van der Waals surface area contributed by atoms with Crippen molar-refractivity contribution in [3.05, 3.63) is 35.4 Å². The standard InChI is InChI=1S/C9H9F2NO/c10-7-4-6(2-1-3-12)9(13)8(11)5-7/h1-2,4-5,13H,3,12H2/b2-1+. The lowest BCUT2D eigenvalue weighted by Crippen LogP contribution is -1.92. The summed E-state index contributed by atoms with van der Waals surface area (Å²) in [5.41, 5.74) is 5.23. The Morgan fingerprint density at radius 1 is 1.38 bits per heavy atom. The first kappa shape index (κ1) is 9.67. The van der Waals surface area contributed by atoms with Crippen molar-refractivity contribution >= 4 is 6.08 Å². The van der Waals surface area contributed by atoms with Gasteiger partial charge in [0, 0.05) is 18.2 Å². The number of hydrogen-bond donors (Lipinski definition) is 2. The normalized spacial score (nSPS) is 11.0. The van der Waals surface area contributed by atoms with Gasteiger partial charge in [-0.15, -0.1) is 0 Å². The quantitative estimate of drug-likeness (QED) is 0.735. The maximum Gasteiger partial charge on any atom is 0.168 e. The lowest BCUT2D eigenvalue weighted by molar-refractivity contribution is 0.426. The van der Waals surface area contributed by atoms with Crippen LogP contribution in [-0.4, -0.2) is 11.7 Å². The zero-order valence-corrected chi connectivity index (χ0v) is 6.80. The molecule has 4 heteroatoms. The second-order valence-electron chi connectivity index (χ2n) is 2.46. The summed E-state index contributed by atoms with van der Waals surface area (Å²) >= 11 is 0. The zero-order chi connectivity index (χ0) is 9.84. The predicted molar refractivity (Wildman–Crippen MR) is 46.1 cm³/mol. The highest BCUT2D eigenvalue weighted by Gasteiger charge is 2.06. The highest BCUT2D eigenvalue weighted by atomic mass is 19.1. The van der Waals surface area contributed by atoms with Gasteiger partial charge in [-0.05, 0) is 6.07 Å². The Hall–Kier alpha value is -1.42. The molecule has 0 aliphatic heterocycles. The van der Waals surface area contributed by atoms with E-state index in [2.05, 4.69) is 0 Å². The van der Waals surface area contributed by atoms with Crippen molar-refractivity contribution in [2.24, 2.45) is 5.73 Å². The van der Waals surface area contributed by atoms with E-state index in [9.17, 15) is 8.78 Å². The Morgan fingerprint density at radius 3 is 2.69 bits per heavy atom. The van der Waals surface area contributed by atoms with Crippen LogP contribution in [0.2, 0.25) is 0 Å². The van der Waals surface area contributed by atoms with Gasteiger partial charge in [0.2, 0.25) is 0 Å². The number of aromatic hydroxyl groups is 1. The minimum atomic E-state index is -0.975. The molecule has 0 radical (unpaired) electrons. The summed E-state index contributed by atoms with van der Waals surface area (Å²) in [6.45, 7) is 0.248. The molecule has 2 nitrogen and oxygen atoms in total. The van der Waals surface area contributed by atoms with Crippen molar-refractivity contribution in [2.45, 2.75) is 0 Å². The molecule has 0 spiro atoms. The number of phenolic OH excluding ortho intramolecular Hbond substituents is 1. The second kappa shape index (κ2) is 4.00. The van der Waals surface area contributed by atoms with Gasteiger partial charge in [0.1, 0.15) is 5.82 Å². The van der Waals surface area contributed by atoms with Crippen LogP contribution in [0.15, 0.2) is 18.2 Å². The number of phenols is 1. The van der Waals surface area contributed by atoms with Crippen molar-refractivity contribution in [3.63, 3.8) is 0 Å². The molecule has 0 amide bonds. The highest BCUT2D eigenvalue weighted by molar-refractivity contribution is 5.57. The van der Waals surface area contributed by atoms with E-state index >= 15 is 0 Å². The van der Waals surface area contributed by atoms with E-state index < -0.39 is 17.4 Å². The molecule has 0 aliphatic rings. The van der Waals surface area contributed by atoms with Gasteiger partial charge in [-0.1, -0.05) is 12.2 Å². The molecule has 70 valence electrons. The zero-order valence-electron chi connectivity index (χ0n) is 6.80. The van der Waals surface area contributed by atoms with Gasteiger partial charge in [-0.25, -0.2) is 8.78 Å². The predicted octanol–water partition coefficient (Wildman–Crippen LogP) is 1.64. The van der Waals surface area contributed by atoms with Gasteiger partial charge in [-0.2, -0.15) is 0 Å². The van der Waals surface area contributed by atoms with Crippen LogP contribution in [0.5, 0.6) is 5.75 Å². The third-order valence-corrected chi connectivity index (χ3v) is 1.49. The number of hydrogen-bond acceptors (Lipinski definition) is 2. The maximum atomic E-state index is 12.7. The molecule has 0 saturated carbocycles. The van der Waals surface area contributed by atoms with Gasteiger partial charge < -0.3 is 10.8 Å². The minimum Gasteiger partial charge on any atom is -0.504 e. The number of halogens is 2. The Kier molecular flexibility index (Phi) is 2.97. The van der Waals surface area contributed by atoms with Crippen molar-refractivity contribution in [3.8, 4) is 5.75 Å². The van der Waals surface area contributed by atoms with Crippen LogP contribution >= 0.6 is 0 Å². The van der Waals surface area contributed by atoms with Crippen LogP contribution in [0.3, 0.4) is 0 Å². The summed E-state index contributed by atoms with van der Waals surface area (Å²) in [5.74, 6) is -2.27. The molecule has 1 rings (SSSR count). The van der Waals surface area contributed by atoms with E-state index in [1.807, 2.05) is 0 Å². The van der Waals surface area contributed by atoms with E-state index in [0.717, 1.165) is 6.07 Å². The maximum absolute atomic E-state index is 12.7. The van der Waals surface area contributed by atoms with E-state index in [0.29, 0.717) is 6.07 Å². The first-order valence-corrected chi connectivity index (χ1v) is 3.69. The van der Waals surface area contributed by atoms with Crippen LogP contribution in [0, 0.1) is 11.6 Å². The number of benzene rings is 1. The Labute approximate surface area is 74.3 Å². The third-order valence-electron chi connectivity index (χ3n) is 1.49. The molecule has 0 aromatic heterocycles. The van der Waals surface area contributed by atoms with Crippen LogP contribution in [-0.2, 0) is 0 Å². The smallest absolute Gasteiger partial charge is 0.168 e. The fourth-order valence-electron chi connectivity index (χ4n) is 0.908. The van der Waals surface area contributed by atoms with Crippen molar-refractivity contribution in [2.75, 3.05) is 6.54 Å². The first-order chi connectivity index (χ1) is 6.15. The summed E-state index contributed by atoms with van der Waals surface area (Å²) in [5, 5.41) is 9.11. The molecule has 0 heterocycles. The average molecular weight is 185 g/mol. The summed E-state index contributed by atoms with van der Waals surface area (Å²) in [6, 6.07) is 1.65. The summed E-state index contributed by atoms with van der Waals surface area (Å²) < 4.78 is 25.3. The monoisotopic (exact) mass is 185 g/mol. The van der Waals surface area contributed by atoms with Crippen LogP contribution < -0.4 is 5.73 Å². The number of nitrogens with two attached hydrogens (primary N) is 1. The summed E-state index contributed by atoms with van der Waals surface area (Å²) in [6.07, 6.45) is 2.86. The SMILES string of the molecule is NC/C=C/c1cc(F)cc(F)c1O. The van der Waals surface area contributed by atoms with E-state index in [1.54, 1.807) is 0 Å². The van der Waals surface area contributed by atoms with E-state index in [4.69, 9.17) is 10.8 Å². The van der Waals surface area contributed by atoms with Crippen LogP contribution in [0.1, 0.15) is 5.56 Å². The molecular weight excluding hydrogens is 176 g/mol. The largest absolute Gasteiger partial charge is 0.504 e. The molecule has 1 aromatic carbocycles. The minimum absolute atomic E-state index is 0.0861. The van der Waals surface area contributed by atoms with Crippen molar-refractivity contribution in [1.82, 2.24) is 0 Å². The first-order valence-electron chi connectivity index (χ1n) is 3.69. The summed E-state index contributed by atoms with van der Waals surface area (Å²) in [4.78, 5) is 0. The van der Waals surface area contributed by atoms with Crippen LogP contribution in [0.4, 0.5) is 8.78 Å². The Bertz CT molecular complexity index is 337. The topological polar surface area (TPSA) is 46.2 Å². The molecule has 0 saturated heterocycles. The molecule has 0 fully saturated rings. The lowest BCUT2D eigenvalue weighted by Gasteiger charge is -2.00. The molecule has 1 aromatic rings. The van der Waals surface area contributed by atoms with Crippen LogP contribution in [0.25, 0.3) is 6.08 Å². The Morgan fingerprint density at radius 2 is 2.08 bits per heavy atom. The number of rotatable bonds is 2. The van der Waals surface area contributed by atoms with E-state index in [-0.39, 0.29) is 12.1 Å². The fraction of sp³-hybridized carbons (Fsp3) is 0.111. The van der Waals surface area contributed by atoms with Crippen molar-refractivity contribution in [1.29, 1.82) is 0 Å². The van der Waals surface area contributed by atoms with Crippen molar-refractivity contribution < 1.29 is 13.9 Å². The third kappa shape index (κ3) is 2.26. The molecule has 0 aliphatic carbocycles.